The van der Waals surface area contributed by atoms with Crippen molar-refractivity contribution in [3.8, 4) is 11.3 Å². The van der Waals surface area contributed by atoms with Crippen LogP contribution in [0.2, 0.25) is 10.0 Å². The van der Waals surface area contributed by atoms with Crippen molar-refractivity contribution in [2.24, 2.45) is 0 Å². The Bertz CT molecular complexity index is 1180. The predicted molar refractivity (Wildman–Crippen MR) is 121 cm³/mol. The van der Waals surface area contributed by atoms with Crippen LogP contribution in [0.1, 0.15) is 22.8 Å². The van der Waals surface area contributed by atoms with Crippen molar-refractivity contribution in [1.82, 2.24) is 4.98 Å². The number of hydrogen-bond acceptors (Lipinski definition) is 2. The van der Waals surface area contributed by atoms with Gasteiger partial charge in [-0.2, -0.15) is 0 Å². The lowest BCUT2D eigenvalue weighted by Crippen LogP contribution is -2.13. The van der Waals surface area contributed by atoms with E-state index in [0.717, 1.165) is 28.6 Å². The Morgan fingerprint density at radius 1 is 0.931 bits per heavy atom. The summed E-state index contributed by atoms with van der Waals surface area (Å²) in [5.41, 5.74) is 4.61. The number of carbonyl (C=O) groups excluding carboxylic acids is 1. The molecule has 0 aliphatic heterocycles. The number of aryl methyl sites for hydroxylation is 1. The molecule has 0 bridgehead atoms. The van der Waals surface area contributed by atoms with E-state index in [1.165, 1.54) is 5.56 Å². The van der Waals surface area contributed by atoms with Crippen molar-refractivity contribution < 1.29 is 4.79 Å². The molecular weight excluding hydrogens is 403 g/mol. The minimum Gasteiger partial charge on any atom is -0.319 e. The maximum absolute atomic E-state index is 13.2. The number of para-hydroxylation sites is 2. The van der Waals surface area contributed by atoms with Crippen molar-refractivity contribution in [2.75, 3.05) is 5.32 Å². The van der Waals surface area contributed by atoms with Crippen LogP contribution in [0.25, 0.3) is 22.2 Å². The van der Waals surface area contributed by atoms with Crippen molar-refractivity contribution in [1.29, 1.82) is 0 Å². The minimum atomic E-state index is -0.287. The summed E-state index contributed by atoms with van der Waals surface area (Å²) in [6.45, 7) is 2.12. The Balaban J connectivity index is 1.81. The zero-order valence-electron chi connectivity index (χ0n) is 15.7. The number of fused-ring (bicyclic) bond motifs is 1. The highest BCUT2D eigenvalue weighted by atomic mass is 35.5. The molecule has 3 nitrogen and oxygen atoms in total. The SMILES string of the molecule is CCc1ccc(-c2cc(C(=O)Nc3c(Cl)cccc3Cl)c3ccccc3n2)cc1. The number of rotatable bonds is 4. The highest BCUT2D eigenvalue weighted by Crippen LogP contribution is 2.31. The molecule has 0 saturated heterocycles. The molecule has 0 radical (unpaired) electrons. The van der Waals surface area contributed by atoms with E-state index in [0.29, 0.717) is 21.3 Å². The summed E-state index contributed by atoms with van der Waals surface area (Å²) in [6.07, 6.45) is 0.970. The van der Waals surface area contributed by atoms with Crippen LogP contribution < -0.4 is 5.32 Å². The van der Waals surface area contributed by atoms with Gasteiger partial charge in [-0.05, 0) is 36.2 Å². The third-order valence-electron chi connectivity index (χ3n) is 4.82. The van der Waals surface area contributed by atoms with Gasteiger partial charge in [0.15, 0.2) is 0 Å². The molecule has 144 valence electrons. The fourth-order valence-electron chi connectivity index (χ4n) is 3.22. The van der Waals surface area contributed by atoms with E-state index < -0.39 is 0 Å². The lowest BCUT2D eigenvalue weighted by molar-refractivity contribution is 0.102. The molecule has 0 aliphatic carbocycles. The number of halogens is 2. The summed E-state index contributed by atoms with van der Waals surface area (Å²) < 4.78 is 0. The first kappa shape index (κ1) is 19.4. The number of benzene rings is 3. The lowest BCUT2D eigenvalue weighted by Gasteiger charge is -2.12. The number of pyridine rings is 1. The molecule has 1 aromatic heterocycles. The van der Waals surface area contributed by atoms with Crippen LogP contribution in [0.15, 0.2) is 72.8 Å². The van der Waals surface area contributed by atoms with Gasteiger partial charge in [-0.3, -0.25) is 4.79 Å². The normalized spacial score (nSPS) is 10.9. The van der Waals surface area contributed by atoms with E-state index in [-0.39, 0.29) is 5.91 Å². The molecule has 0 aliphatic rings. The Labute approximate surface area is 179 Å². The van der Waals surface area contributed by atoms with E-state index in [1.54, 1.807) is 18.2 Å². The van der Waals surface area contributed by atoms with Crippen molar-refractivity contribution in [2.45, 2.75) is 13.3 Å². The van der Waals surface area contributed by atoms with Crippen LogP contribution in [0, 0.1) is 0 Å². The Hall–Kier alpha value is -2.88. The van der Waals surface area contributed by atoms with Gasteiger partial charge in [-0.1, -0.05) is 78.7 Å². The number of nitrogens with zero attached hydrogens (tertiary/aromatic N) is 1. The van der Waals surface area contributed by atoms with Crippen LogP contribution in [0.4, 0.5) is 5.69 Å². The summed E-state index contributed by atoms with van der Waals surface area (Å²) in [7, 11) is 0. The van der Waals surface area contributed by atoms with Crippen LogP contribution in [-0.2, 0) is 6.42 Å². The number of nitrogens with one attached hydrogen (secondary N) is 1. The number of amides is 1. The van der Waals surface area contributed by atoms with E-state index in [2.05, 4.69) is 24.4 Å². The first-order valence-electron chi connectivity index (χ1n) is 9.31. The zero-order chi connectivity index (χ0) is 20.4. The van der Waals surface area contributed by atoms with Crippen LogP contribution in [0.5, 0.6) is 0 Å². The summed E-state index contributed by atoms with van der Waals surface area (Å²) in [5, 5.41) is 4.40. The van der Waals surface area contributed by atoms with Gasteiger partial charge < -0.3 is 5.32 Å². The molecule has 29 heavy (non-hydrogen) atoms. The number of anilines is 1. The Morgan fingerprint density at radius 3 is 2.31 bits per heavy atom. The van der Waals surface area contributed by atoms with Gasteiger partial charge in [0, 0.05) is 10.9 Å². The highest BCUT2D eigenvalue weighted by molar-refractivity contribution is 6.40. The Morgan fingerprint density at radius 2 is 1.62 bits per heavy atom. The largest absolute Gasteiger partial charge is 0.319 e. The maximum atomic E-state index is 13.2. The molecule has 0 unspecified atom stereocenters. The summed E-state index contributed by atoms with van der Waals surface area (Å²) in [6, 6.07) is 22.7. The number of carbonyl (C=O) groups is 1. The van der Waals surface area contributed by atoms with Crippen molar-refractivity contribution in [3.05, 3.63) is 94.0 Å². The second kappa shape index (κ2) is 8.24. The topological polar surface area (TPSA) is 42.0 Å². The smallest absolute Gasteiger partial charge is 0.256 e. The second-order valence-electron chi connectivity index (χ2n) is 6.67. The van der Waals surface area contributed by atoms with Gasteiger partial charge in [0.1, 0.15) is 0 Å². The quantitative estimate of drug-likeness (QED) is 0.385. The van der Waals surface area contributed by atoms with E-state index in [9.17, 15) is 4.79 Å². The molecule has 5 heteroatoms. The minimum absolute atomic E-state index is 0.287. The molecule has 0 atom stereocenters. The van der Waals surface area contributed by atoms with Gasteiger partial charge in [-0.15, -0.1) is 0 Å². The average molecular weight is 421 g/mol. The summed E-state index contributed by atoms with van der Waals surface area (Å²) in [4.78, 5) is 17.9. The highest BCUT2D eigenvalue weighted by Gasteiger charge is 2.16. The predicted octanol–water partition coefficient (Wildman–Crippen LogP) is 7.02. The number of aromatic nitrogens is 1. The van der Waals surface area contributed by atoms with E-state index >= 15 is 0 Å². The summed E-state index contributed by atoms with van der Waals surface area (Å²) >= 11 is 12.4. The van der Waals surface area contributed by atoms with Gasteiger partial charge in [0.25, 0.3) is 5.91 Å². The third-order valence-corrected chi connectivity index (χ3v) is 5.45. The van der Waals surface area contributed by atoms with Crippen molar-refractivity contribution in [3.63, 3.8) is 0 Å². The van der Waals surface area contributed by atoms with E-state index in [1.807, 2.05) is 42.5 Å². The molecule has 4 aromatic rings. The molecule has 1 amide bonds. The molecule has 3 aromatic carbocycles. The standard InChI is InChI=1S/C24H18Cl2N2O/c1-2-15-10-12-16(13-11-15)22-14-18(17-6-3-4-9-21(17)27-22)24(29)28-23-19(25)7-5-8-20(23)26/h3-14H,2H2,1H3,(H,28,29). The van der Waals surface area contributed by atoms with Gasteiger partial charge >= 0.3 is 0 Å². The third kappa shape index (κ3) is 3.98. The molecule has 1 heterocycles. The molecule has 0 saturated carbocycles. The molecule has 1 N–H and O–H groups in total. The molecule has 0 fully saturated rings. The van der Waals surface area contributed by atoms with Gasteiger partial charge in [0.2, 0.25) is 0 Å². The molecule has 0 spiro atoms. The molecular formula is C24H18Cl2N2O. The van der Waals surface area contributed by atoms with Crippen LogP contribution >= 0.6 is 23.2 Å². The van der Waals surface area contributed by atoms with Crippen LogP contribution in [-0.4, -0.2) is 10.9 Å². The summed E-state index contributed by atoms with van der Waals surface area (Å²) in [5.74, 6) is -0.287. The van der Waals surface area contributed by atoms with Crippen LogP contribution in [0.3, 0.4) is 0 Å². The van der Waals surface area contributed by atoms with Crippen molar-refractivity contribution >= 4 is 45.7 Å². The fourth-order valence-corrected chi connectivity index (χ4v) is 3.71. The zero-order valence-corrected chi connectivity index (χ0v) is 17.3. The van der Waals surface area contributed by atoms with E-state index in [4.69, 9.17) is 28.2 Å². The first-order chi connectivity index (χ1) is 14.1. The van der Waals surface area contributed by atoms with Gasteiger partial charge in [-0.25, -0.2) is 4.98 Å². The molecule has 4 rings (SSSR count). The second-order valence-corrected chi connectivity index (χ2v) is 7.49. The average Bonchev–Trinajstić information content (AvgIpc) is 2.75. The monoisotopic (exact) mass is 420 g/mol. The number of hydrogen-bond donors (Lipinski definition) is 1. The fraction of sp³-hybridized carbons (Fsp3) is 0.0833. The first-order valence-corrected chi connectivity index (χ1v) is 10.1. The maximum Gasteiger partial charge on any atom is 0.256 e. The lowest BCUT2D eigenvalue weighted by atomic mass is 10.0. The van der Waals surface area contributed by atoms with Gasteiger partial charge in [0.05, 0.1) is 32.5 Å². The Kier molecular flexibility index (Phi) is 5.52.